The molecular weight excluding hydrogens is 282 g/mol. The molecule has 2 aliphatic rings. The minimum absolute atomic E-state index is 0.0387. The Morgan fingerprint density at radius 3 is 3.18 bits per heavy atom. The third kappa shape index (κ3) is 2.52. The molecule has 6 nitrogen and oxygen atoms in total. The largest absolute Gasteiger partial charge is 0.454 e. The van der Waals surface area contributed by atoms with Crippen LogP contribution in [-0.2, 0) is 24.2 Å². The van der Waals surface area contributed by atoms with E-state index in [1.165, 1.54) is 5.69 Å². The number of hydrogen-bond acceptors (Lipinski definition) is 4. The van der Waals surface area contributed by atoms with E-state index in [0.29, 0.717) is 12.2 Å². The Hall–Kier alpha value is -2.50. The number of carbonyl (C=O) groups excluding carboxylic acids is 1. The van der Waals surface area contributed by atoms with Crippen molar-refractivity contribution in [3.05, 3.63) is 41.7 Å². The fourth-order valence-corrected chi connectivity index (χ4v) is 3.01. The van der Waals surface area contributed by atoms with Gasteiger partial charge in [-0.15, -0.1) is 0 Å². The second kappa shape index (κ2) is 5.36. The van der Waals surface area contributed by atoms with Crippen LogP contribution in [0.1, 0.15) is 17.7 Å². The summed E-state index contributed by atoms with van der Waals surface area (Å²) in [5, 5.41) is 7.36. The van der Waals surface area contributed by atoms with Crippen molar-refractivity contribution < 1.29 is 14.3 Å². The topological polar surface area (TPSA) is 65.4 Å². The van der Waals surface area contributed by atoms with E-state index in [9.17, 15) is 4.79 Å². The van der Waals surface area contributed by atoms with Gasteiger partial charge in [-0.1, -0.05) is 6.07 Å². The summed E-state index contributed by atoms with van der Waals surface area (Å²) in [5.41, 5.74) is 2.11. The van der Waals surface area contributed by atoms with Gasteiger partial charge in [0.2, 0.25) is 12.7 Å². The maximum atomic E-state index is 12.2. The third-order valence-electron chi connectivity index (χ3n) is 4.12. The van der Waals surface area contributed by atoms with Crippen LogP contribution in [0.4, 0.5) is 0 Å². The van der Waals surface area contributed by atoms with Gasteiger partial charge < -0.3 is 14.8 Å². The average molecular weight is 299 g/mol. The molecule has 114 valence electrons. The summed E-state index contributed by atoms with van der Waals surface area (Å²) in [4.78, 5) is 12.2. The molecule has 0 aliphatic carbocycles. The summed E-state index contributed by atoms with van der Waals surface area (Å²) in [7, 11) is 0. The van der Waals surface area contributed by atoms with Gasteiger partial charge in [0.1, 0.15) is 0 Å². The standard InChI is InChI=1S/C16H17N3O3/c20-16(8-11-1-2-14-15(7-11)22-10-21-14)18-12-4-6-19-13(9-12)3-5-17-19/h1-3,5,7,12H,4,6,8-10H2,(H,18,20)/t12-/m1/s1. The minimum atomic E-state index is 0.0387. The number of carbonyl (C=O) groups is 1. The van der Waals surface area contributed by atoms with Crippen molar-refractivity contribution in [2.45, 2.75) is 31.8 Å². The van der Waals surface area contributed by atoms with Crippen LogP contribution in [-0.4, -0.2) is 28.5 Å². The number of nitrogens with one attached hydrogen (secondary N) is 1. The molecule has 3 heterocycles. The third-order valence-corrected chi connectivity index (χ3v) is 4.12. The molecule has 0 spiro atoms. The van der Waals surface area contributed by atoms with Crippen molar-refractivity contribution >= 4 is 5.91 Å². The number of amides is 1. The highest BCUT2D eigenvalue weighted by Crippen LogP contribution is 2.32. The summed E-state index contributed by atoms with van der Waals surface area (Å²) in [6, 6.07) is 7.83. The molecule has 0 saturated heterocycles. The number of benzene rings is 1. The summed E-state index contributed by atoms with van der Waals surface area (Å²) >= 11 is 0. The van der Waals surface area contributed by atoms with Gasteiger partial charge in [-0.3, -0.25) is 9.48 Å². The normalized spacial score (nSPS) is 18.8. The lowest BCUT2D eigenvalue weighted by Gasteiger charge is -2.24. The van der Waals surface area contributed by atoms with Crippen LogP contribution >= 0.6 is 0 Å². The lowest BCUT2D eigenvalue weighted by atomic mass is 10.0. The Bertz CT molecular complexity index is 710. The first-order valence-corrected chi connectivity index (χ1v) is 7.46. The van der Waals surface area contributed by atoms with Crippen LogP contribution in [0.5, 0.6) is 11.5 Å². The predicted octanol–water partition coefficient (Wildman–Crippen LogP) is 1.29. The minimum Gasteiger partial charge on any atom is -0.454 e. The fourth-order valence-electron chi connectivity index (χ4n) is 3.01. The number of aromatic nitrogens is 2. The number of nitrogens with zero attached hydrogens (tertiary/aromatic N) is 2. The van der Waals surface area contributed by atoms with Crippen molar-refractivity contribution in [1.82, 2.24) is 15.1 Å². The molecule has 22 heavy (non-hydrogen) atoms. The van der Waals surface area contributed by atoms with Gasteiger partial charge in [-0.05, 0) is 30.2 Å². The Morgan fingerprint density at radius 1 is 1.32 bits per heavy atom. The summed E-state index contributed by atoms with van der Waals surface area (Å²) in [6.45, 7) is 1.11. The SMILES string of the molecule is O=C(Cc1ccc2c(c1)OCO2)N[C@@H]1CCn2nccc2C1. The lowest BCUT2D eigenvalue weighted by molar-refractivity contribution is -0.121. The number of rotatable bonds is 3. The molecule has 0 saturated carbocycles. The zero-order valence-electron chi connectivity index (χ0n) is 12.1. The van der Waals surface area contributed by atoms with E-state index in [0.717, 1.165) is 30.7 Å². The Kier molecular flexibility index (Phi) is 3.21. The van der Waals surface area contributed by atoms with Gasteiger partial charge in [0.25, 0.3) is 0 Å². The van der Waals surface area contributed by atoms with E-state index >= 15 is 0 Å². The van der Waals surface area contributed by atoms with Gasteiger partial charge in [0.05, 0.1) is 6.42 Å². The van der Waals surface area contributed by atoms with Gasteiger partial charge in [-0.25, -0.2) is 0 Å². The van der Waals surface area contributed by atoms with E-state index in [1.807, 2.05) is 35.1 Å². The first-order valence-electron chi connectivity index (χ1n) is 7.46. The van der Waals surface area contributed by atoms with Gasteiger partial charge in [0.15, 0.2) is 11.5 Å². The molecule has 2 aliphatic heterocycles. The van der Waals surface area contributed by atoms with Crippen LogP contribution in [0.25, 0.3) is 0 Å². The Morgan fingerprint density at radius 2 is 2.23 bits per heavy atom. The van der Waals surface area contributed by atoms with E-state index < -0.39 is 0 Å². The molecule has 1 amide bonds. The smallest absolute Gasteiger partial charge is 0.231 e. The molecule has 1 atom stereocenters. The summed E-state index contributed by atoms with van der Waals surface area (Å²) < 4.78 is 12.6. The van der Waals surface area contributed by atoms with Crippen LogP contribution < -0.4 is 14.8 Å². The molecule has 0 fully saturated rings. The van der Waals surface area contributed by atoms with E-state index in [1.54, 1.807) is 0 Å². The molecule has 4 rings (SSSR count). The molecule has 0 bridgehead atoms. The zero-order chi connectivity index (χ0) is 14.9. The van der Waals surface area contributed by atoms with Crippen molar-refractivity contribution in [2.75, 3.05) is 6.79 Å². The second-order valence-electron chi connectivity index (χ2n) is 5.67. The molecule has 1 aromatic heterocycles. The molecule has 0 unspecified atom stereocenters. The fraction of sp³-hybridized carbons (Fsp3) is 0.375. The van der Waals surface area contributed by atoms with E-state index in [-0.39, 0.29) is 18.7 Å². The Labute approximate surface area is 128 Å². The molecule has 2 aromatic rings. The molecule has 0 radical (unpaired) electrons. The highest BCUT2D eigenvalue weighted by molar-refractivity contribution is 5.79. The highest BCUT2D eigenvalue weighted by atomic mass is 16.7. The van der Waals surface area contributed by atoms with Gasteiger partial charge >= 0.3 is 0 Å². The summed E-state index contributed by atoms with van der Waals surface area (Å²) in [6.07, 6.45) is 3.92. The van der Waals surface area contributed by atoms with Crippen LogP contribution in [0, 0.1) is 0 Å². The van der Waals surface area contributed by atoms with E-state index in [4.69, 9.17) is 9.47 Å². The van der Waals surface area contributed by atoms with Crippen molar-refractivity contribution in [1.29, 1.82) is 0 Å². The quantitative estimate of drug-likeness (QED) is 0.927. The first-order chi connectivity index (χ1) is 10.8. The van der Waals surface area contributed by atoms with Crippen LogP contribution in [0.3, 0.4) is 0 Å². The van der Waals surface area contributed by atoms with Crippen LogP contribution in [0.2, 0.25) is 0 Å². The number of hydrogen-bond donors (Lipinski definition) is 1. The molecule has 1 aromatic carbocycles. The van der Waals surface area contributed by atoms with Gasteiger partial charge in [0, 0.05) is 30.9 Å². The Balaban J connectivity index is 1.37. The number of ether oxygens (including phenoxy) is 2. The predicted molar refractivity (Wildman–Crippen MR) is 78.7 cm³/mol. The number of fused-ring (bicyclic) bond motifs is 2. The maximum Gasteiger partial charge on any atom is 0.231 e. The highest BCUT2D eigenvalue weighted by Gasteiger charge is 2.21. The average Bonchev–Trinajstić information content (AvgIpc) is 3.14. The lowest BCUT2D eigenvalue weighted by Crippen LogP contribution is -2.40. The molecule has 1 N–H and O–H groups in total. The van der Waals surface area contributed by atoms with Crippen molar-refractivity contribution in [3.63, 3.8) is 0 Å². The maximum absolute atomic E-state index is 12.2. The summed E-state index contributed by atoms with van der Waals surface area (Å²) in [5.74, 6) is 1.49. The first kappa shape index (κ1) is 13.2. The monoisotopic (exact) mass is 299 g/mol. The molecule has 6 heteroatoms. The van der Waals surface area contributed by atoms with Gasteiger partial charge in [-0.2, -0.15) is 5.10 Å². The zero-order valence-corrected chi connectivity index (χ0v) is 12.1. The molecular formula is C16H17N3O3. The second-order valence-corrected chi connectivity index (χ2v) is 5.67. The van der Waals surface area contributed by atoms with Crippen molar-refractivity contribution in [3.8, 4) is 11.5 Å². The number of aryl methyl sites for hydroxylation is 1. The van der Waals surface area contributed by atoms with Crippen molar-refractivity contribution in [2.24, 2.45) is 0 Å². The van der Waals surface area contributed by atoms with E-state index in [2.05, 4.69) is 10.4 Å². The van der Waals surface area contributed by atoms with Crippen LogP contribution in [0.15, 0.2) is 30.5 Å².